The molecule has 4 nitrogen and oxygen atoms in total. The summed E-state index contributed by atoms with van der Waals surface area (Å²) in [5.74, 6) is -0.224. The molecule has 0 saturated heterocycles. The lowest BCUT2D eigenvalue weighted by Crippen LogP contribution is -2.23. The number of carbonyl (C=O) groups excluding carboxylic acids is 1. The molecule has 0 bridgehead atoms. The maximum atomic E-state index is 11.9. The molecular weight excluding hydrogens is 254 g/mol. The molecule has 0 N–H and O–H groups in total. The van der Waals surface area contributed by atoms with E-state index in [1.807, 2.05) is 29.8 Å². The fraction of sp³-hybridized carbons (Fsp3) is 0.182. The molecule has 0 fully saturated rings. The first-order valence-corrected chi connectivity index (χ1v) is 7.10. The van der Waals surface area contributed by atoms with Gasteiger partial charge in [0.15, 0.2) is 4.80 Å². The predicted octanol–water partition coefficient (Wildman–Crippen LogP) is 1.42. The van der Waals surface area contributed by atoms with Crippen LogP contribution in [-0.2, 0) is 7.05 Å². The van der Waals surface area contributed by atoms with E-state index in [1.165, 1.54) is 20.7 Å². The Balaban J connectivity index is 2.44. The van der Waals surface area contributed by atoms with Crippen LogP contribution in [0.1, 0.15) is 10.4 Å². The summed E-state index contributed by atoms with van der Waals surface area (Å²) in [5, 5.41) is 0. The normalized spacial score (nSPS) is 13.1. The van der Waals surface area contributed by atoms with Gasteiger partial charge in [0.25, 0.3) is 5.91 Å². The molecule has 0 atom stereocenters. The van der Waals surface area contributed by atoms with Crippen molar-refractivity contribution in [2.75, 3.05) is 7.05 Å². The minimum absolute atomic E-state index is 0.224. The summed E-state index contributed by atoms with van der Waals surface area (Å²) >= 11 is 0. The van der Waals surface area contributed by atoms with Crippen LogP contribution >= 0.6 is 20.7 Å². The monoisotopic (exact) mass is 265 g/mol. The third-order valence-corrected chi connectivity index (χ3v) is 4.52. The smallest absolute Gasteiger partial charge is 0.279 e. The zero-order chi connectivity index (χ0) is 12.3. The molecule has 17 heavy (non-hydrogen) atoms. The zero-order valence-corrected chi connectivity index (χ0v) is 11.1. The molecule has 88 valence electrons. The van der Waals surface area contributed by atoms with Gasteiger partial charge in [-0.15, -0.1) is 0 Å². The summed E-state index contributed by atoms with van der Waals surface area (Å²) in [6.45, 7) is 0. The second-order valence-corrected chi connectivity index (χ2v) is 5.36. The summed E-state index contributed by atoms with van der Waals surface area (Å²) in [5.41, 5.74) is 0.598. The highest BCUT2D eigenvalue weighted by Crippen LogP contribution is 2.00. The Hall–Kier alpha value is -1.53. The van der Waals surface area contributed by atoms with Crippen molar-refractivity contribution in [1.82, 2.24) is 4.57 Å². The van der Waals surface area contributed by atoms with Crippen LogP contribution in [0.4, 0.5) is 0 Å². The van der Waals surface area contributed by atoms with Gasteiger partial charge < -0.3 is 0 Å². The van der Waals surface area contributed by atoms with E-state index in [0.29, 0.717) is 10.4 Å². The number of hydrogen-bond donors (Lipinski definition) is 0. The Bertz CT molecular complexity index is 649. The van der Waals surface area contributed by atoms with E-state index in [1.54, 1.807) is 19.2 Å². The summed E-state index contributed by atoms with van der Waals surface area (Å²) in [6.07, 6.45) is 0. The molecule has 0 spiro atoms. The molecule has 1 heterocycles. The Morgan fingerprint density at radius 3 is 2.41 bits per heavy atom. The topological polar surface area (TPSA) is 46.7 Å². The average Bonchev–Trinajstić information content (AvgIpc) is 2.71. The van der Waals surface area contributed by atoms with E-state index in [4.69, 9.17) is 0 Å². The third-order valence-electron chi connectivity index (χ3n) is 2.17. The number of benzene rings is 1. The fourth-order valence-corrected chi connectivity index (χ4v) is 3.53. The number of amides is 1. The highest BCUT2D eigenvalue weighted by atomic mass is 32.9. The van der Waals surface area contributed by atoms with Crippen molar-refractivity contribution in [2.45, 2.75) is 0 Å². The van der Waals surface area contributed by atoms with Crippen molar-refractivity contribution >= 4 is 26.6 Å². The van der Waals surface area contributed by atoms with Gasteiger partial charge in [-0.1, -0.05) is 18.2 Å². The molecule has 0 unspecified atom stereocenters. The van der Waals surface area contributed by atoms with Crippen molar-refractivity contribution < 1.29 is 4.79 Å². The zero-order valence-electron chi connectivity index (χ0n) is 9.45. The number of hydrogen-bond acceptors (Lipinski definition) is 4. The fourth-order valence-electron chi connectivity index (χ4n) is 1.28. The van der Waals surface area contributed by atoms with Crippen LogP contribution in [0.5, 0.6) is 0 Å². The Kier molecular flexibility index (Phi) is 3.65. The number of carbonyl (C=O) groups is 1. The van der Waals surface area contributed by atoms with Crippen LogP contribution in [0.3, 0.4) is 0 Å². The minimum Gasteiger partial charge on any atom is -0.296 e. The van der Waals surface area contributed by atoms with Crippen molar-refractivity contribution in [3.05, 3.63) is 45.5 Å². The van der Waals surface area contributed by atoms with Crippen molar-refractivity contribution in [1.29, 1.82) is 0 Å². The van der Waals surface area contributed by atoms with E-state index >= 15 is 0 Å². The summed E-state index contributed by atoms with van der Waals surface area (Å²) in [7, 11) is 6.53. The lowest BCUT2D eigenvalue weighted by Gasteiger charge is -1.93. The van der Waals surface area contributed by atoms with Crippen LogP contribution in [0, 0.1) is 0 Å². The minimum atomic E-state index is -0.224. The van der Waals surface area contributed by atoms with Crippen LogP contribution < -0.4 is 9.60 Å². The Morgan fingerprint density at radius 2 is 1.82 bits per heavy atom. The molecule has 2 aromatic rings. The van der Waals surface area contributed by atoms with E-state index in [-0.39, 0.29) is 5.91 Å². The summed E-state index contributed by atoms with van der Waals surface area (Å²) in [4.78, 5) is 21.6. The Labute approximate surface area is 106 Å². The quantitative estimate of drug-likeness (QED) is 0.719. The molecule has 0 aliphatic carbocycles. The van der Waals surface area contributed by atoms with Gasteiger partial charge in [0, 0.05) is 19.7 Å². The number of rotatable bonds is 1. The number of aromatic nitrogens is 1. The van der Waals surface area contributed by atoms with Crippen molar-refractivity contribution in [2.24, 2.45) is 17.0 Å². The van der Waals surface area contributed by atoms with E-state index in [0.717, 1.165) is 4.80 Å². The first-order chi connectivity index (χ1) is 8.22. The maximum Gasteiger partial charge on any atom is 0.279 e. The molecule has 2 rings (SSSR count). The number of nitrogens with zero attached hydrogens (tertiary/aromatic N) is 3. The van der Waals surface area contributed by atoms with Crippen LogP contribution in [0.2, 0.25) is 0 Å². The molecule has 1 aromatic heterocycles. The first kappa shape index (κ1) is 11.9. The summed E-state index contributed by atoms with van der Waals surface area (Å²) in [6, 6.07) is 9.04. The average molecular weight is 265 g/mol. The van der Waals surface area contributed by atoms with Gasteiger partial charge in [-0.05, 0) is 32.8 Å². The van der Waals surface area contributed by atoms with Crippen LogP contribution in [0.15, 0.2) is 40.3 Å². The lowest BCUT2D eigenvalue weighted by molar-refractivity contribution is 0.0998. The predicted molar refractivity (Wildman–Crippen MR) is 69.0 cm³/mol. The van der Waals surface area contributed by atoms with E-state index in [9.17, 15) is 4.79 Å². The van der Waals surface area contributed by atoms with Crippen LogP contribution in [-0.4, -0.2) is 17.5 Å². The first-order valence-electron chi connectivity index (χ1n) is 4.95. The standard InChI is InChI=1S/C11H11N3OS2/c1-12-10-14(2)11(17-16-10)13-9(15)8-6-4-3-5-7-8/h3-7H,1-2H3. The van der Waals surface area contributed by atoms with Crippen LogP contribution in [0.25, 0.3) is 0 Å². The molecular formula is C11H11N3OS2. The van der Waals surface area contributed by atoms with Crippen molar-refractivity contribution in [3.8, 4) is 0 Å². The van der Waals surface area contributed by atoms with Crippen molar-refractivity contribution in [3.63, 3.8) is 0 Å². The summed E-state index contributed by atoms with van der Waals surface area (Å²) < 4.78 is 1.82. The molecule has 1 aromatic carbocycles. The Morgan fingerprint density at radius 1 is 1.18 bits per heavy atom. The van der Waals surface area contributed by atoms with E-state index < -0.39 is 0 Å². The molecule has 6 heteroatoms. The lowest BCUT2D eigenvalue weighted by atomic mass is 10.2. The van der Waals surface area contributed by atoms with Gasteiger partial charge >= 0.3 is 0 Å². The molecule has 1 amide bonds. The molecule has 0 aliphatic rings. The molecule has 0 saturated carbocycles. The molecule has 0 radical (unpaired) electrons. The SMILES string of the molecule is CN=c1ssc(=NC(=O)c2ccccc2)n1C. The molecule has 0 aliphatic heterocycles. The maximum absolute atomic E-state index is 11.9. The second-order valence-electron chi connectivity index (χ2n) is 3.30. The van der Waals surface area contributed by atoms with Gasteiger partial charge in [-0.3, -0.25) is 14.4 Å². The van der Waals surface area contributed by atoms with E-state index in [2.05, 4.69) is 9.98 Å². The largest absolute Gasteiger partial charge is 0.296 e. The highest BCUT2D eigenvalue weighted by Gasteiger charge is 2.03. The van der Waals surface area contributed by atoms with Gasteiger partial charge in [-0.25, -0.2) is 0 Å². The third kappa shape index (κ3) is 2.59. The second kappa shape index (κ2) is 5.20. The van der Waals surface area contributed by atoms with Gasteiger partial charge in [-0.2, -0.15) is 4.99 Å². The van der Waals surface area contributed by atoms with Gasteiger partial charge in [0.1, 0.15) is 0 Å². The van der Waals surface area contributed by atoms with Gasteiger partial charge in [0.2, 0.25) is 4.80 Å². The highest BCUT2D eigenvalue weighted by molar-refractivity contribution is 7.67. The van der Waals surface area contributed by atoms with Gasteiger partial charge in [0.05, 0.1) is 0 Å².